The molecule has 2 aromatic heterocycles. The molecule has 41 heavy (non-hydrogen) atoms. The van der Waals surface area contributed by atoms with Gasteiger partial charge in [-0.2, -0.15) is 0 Å². The zero-order valence-corrected chi connectivity index (χ0v) is 25.5. The van der Waals surface area contributed by atoms with Crippen LogP contribution in [0.15, 0.2) is 36.8 Å². The van der Waals surface area contributed by atoms with E-state index < -0.39 is 6.23 Å². The van der Waals surface area contributed by atoms with Crippen molar-refractivity contribution in [1.29, 1.82) is 0 Å². The van der Waals surface area contributed by atoms with Gasteiger partial charge in [0.15, 0.2) is 0 Å². The SMILES string of the molecule is CC(=O)N1CCC([C@H](C)N2CC[C@H](Cc3cn(-c4ccc(F)cc4C(O)N(C)C(C)C)c4cncc(C)c34)C2)CC1. The monoisotopic (exact) mass is 563 g/mol. The molecule has 1 aromatic carbocycles. The molecule has 0 aliphatic carbocycles. The first-order valence-corrected chi connectivity index (χ1v) is 15.2. The molecule has 0 saturated carbocycles. The van der Waals surface area contributed by atoms with Gasteiger partial charge in [-0.15, -0.1) is 0 Å². The summed E-state index contributed by atoms with van der Waals surface area (Å²) in [6, 6.07) is 5.29. The molecular weight excluding hydrogens is 517 g/mol. The van der Waals surface area contributed by atoms with Crippen LogP contribution in [0, 0.1) is 24.6 Å². The van der Waals surface area contributed by atoms with E-state index in [1.54, 1.807) is 13.0 Å². The van der Waals surface area contributed by atoms with Gasteiger partial charge in [0.2, 0.25) is 5.91 Å². The van der Waals surface area contributed by atoms with Gasteiger partial charge in [-0.1, -0.05) is 0 Å². The van der Waals surface area contributed by atoms with Crippen LogP contribution in [0.4, 0.5) is 4.39 Å². The van der Waals surface area contributed by atoms with E-state index in [0.29, 0.717) is 23.4 Å². The number of benzene rings is 1. The third-order valence-electron chi connectivity index (χ3n) is 9.78. The summed E-state index contributed by atoms with van der Waals surface area (Å²) in [5.41, 5.74) is 4.69. The van der Waals surface area contributed by atoms with E-state index >= 15 is 0 Å². The van der Waals surface area contributed by atoms with Crippen molar-refractivity contribution < 1.29 is 14.3 Å². The topological polar surface area (TPSA) is 64.8 Å². The number of aromatic nitrogens is 2. The molecule has 7 nitrogen and oxygen atoms in total. The van der Waals surface area contributed by atoms with Gasteiger partial charge in [0.25, 0.3) is 0 Å². The van der Waals surface area contributed by atoms with Gasteiger partial charge in [-0.05, 0) is 108 Å². The van der Waals surface area contributed by atoms with Gasteiger partial charge in [0.05, 0.1) is 17.4 Å². The predicted octanol–water partition coefficient (Wildman–Crippen LogP) is 5.32. The summed E-state index contributed by atoms with van der Waals surface area (Å²) in [4.78, 5) is 22.7. The Balaban J connectivity index is 1.39. The minimum absolute atomic E-state index is 0.0939. The second kappa shape index (κ2) is 12.2. The zero-order chi connectivity index (χ0) is 29.4. The number of aliphatic hydroxyl groups excluding tert-OH is 1. The van der Waals surface area contributed by atoms with E-state index in [1.165, 1.54) is 23.1 Å². The van der Waals surface area contributed by atoms with Crippen molar-refractivity contribution in [2.45, 2.75) is 78.6 Å². The van der Waals surface area contributed by atoms with Gasteiger partial charge in [0, 0.05) is 62.0 Å². The molecule has 2 aliphatic rings. The molecular formula is C33H46FN5O2. The Hall–Kier alpha value is -2.81. The lowest BCUT2D eigenvalue weighted by molar-refractivity contribution is -0.130. The van der Waals surface area contributed by atoms with Gasteiger partial charge >= 0.3 is 0 Å². The Morgan fingerprint density at radius 3 is 2.56 bits per heavy atom. The van der Waals surface area contributed by atoms with Crippen LogP contribution >= 0.6 is 0 Å². The summed E-state index contributed by atoms with van der Waals surface area (Å²) in [5, 5.41) is 12.4. The largest absolute Gasteiger partial charge is 0.374 e. The molecule has 1 unspecified atom stereocenters. The van der Waals surface area contributed by atoms with Gasteiger partial charge in [0.1, 0.15) is 12.0 Å². The molecule has 0 bridgehead atoms. The van der Waals surface area contributed by atoms with Crippen LogP contribution in [0.3, 0.4) is 0 Å². The summed E-state index contributed by atoms with van der Waals surface area (Å²) >= 11 is 0. The van der Waals surface area contributed by atoms with Crippen LogP contribution in [-0.2, 0) is 11.2 Å². The Bertz CT molecular complexity index is 1380. The third kappa shape index (κ3) is 6.06. The van der Waals surface area contributed by atoms with E-state index in [4.69, 9.17) is 0 Å². The summed E-state index contributed by atoms with van der Waals surface area (Å²) in [5.74, 6) is 1.01. The molecule has 4 heterocycles. The lowest BCUT2D eigenvalue weighted by atomic mass is 9.89. The molecule has 2 saturated heterocycles. The molecule has 5 rings (SSSR count). The van der Waals surface area contributed by atoms with E-state index in [1.807, 2.05) is 43.1 Å². The lowest BCUT2D eigenvalue weighted by Crippen LogP contribution is -2.44. The van der Waals surface area contributed by atoms with Crippen molar-refractivity contribution in [2.75, 3.05) is 33.2 Å². The molecule has 222 valence electrons. The fraction of sp³-hybridized carbons (Fsp3) is 0.576. The fourth-order valence-corrected chi connectivity index (χ4v) is 6.95. The molecule has 1 N–H and O–H groups in total. The Labute approximate surface area is 243 Å². The van der Waals surface area contributed by atoms with Gasteiger partial charge in [-0.25, -0.2) is 4.39 Å². The van der Waals surface area contributed by atoms with Crippen molar-refractivity contribution in [1.82, 2.24) is 24.3 Å². The number of carbonyl (C=O) groups excluding carboxylic acids is 1. The van der Waals surface area contributed by atoms with Crippen LogP contribution < -0.4 is 0 Å². The molecule has 2 fully saturated rings. The quantitative estimate of drug-likeness (QED) is 0.376. The number of pyridine rings is 1. The predicted molar refractivity (Wildman–Crippen MR) is 161 cm³/mol. The molecule has 8 heteroatoms. The summed E-state index contributed by atoms with van der Waals surface area (Å²) in [6.45, 7) is 14.1. The second-order valence-corrected chi connectivity index (χ2v) is 12.6. The fourth-order valence-electron chi connectivity index (χ4n) is 6.95. The van der Waals surface area contributed by atoms with E-state index in [0.717, 1.165) is 68.6 Å². The normalized spacial score (nSPS) is 20.4. The third-order valence-corrected chi connectivity index (χ3v) is 9.78. The maximum absolute atomic E-state index is 14.5. The van der Waals surface area contributed by atoms with Crippen LogP contribution in [-0.4, -0.2) is 80.6 Å². The minimum atomic E-state index is -0.938. The highest BCUT2D eigenvalue weighted by atomic mass is 19.1. The Kier molecular flexibility index (Phi) is 8.83. The number of halogens is 1. The van der Waals surface area contributed by atoms with Crippen LogP contribution in [0.2, 0.25) is 0 Å². The van der Waals surface area contributed by atoms with E-state index in [-0.39, 0.29) is 17.8 Å². The van der Waals surface area contributed by atoms with Gasteiger partial charge in [-0.3, -0.25) is 14.7 Å². The number of hydrogen-bond acceptors (Lipinski definition) is 5. The number of nitrogens with zero attached hydrogens (tertiary/aromatic N) is 5. The van der Waals surface area contributed by atoms with E-state index in [9.17, 15) is 14.3 Å². The number of aliphatic hydroxyl groups is 1. The van der Waals surface area contributed by atoms with Crippen molar-refractivity contribution in [3.63, 3.8) is 0 Å². The Morgan fingerprint density at radius 1 is 1.15 bits per heavy atom. The molecule has 0 radical (unpaired) electrons. The van der Waals surface area contributed by atoms with Crippen molar-refractivity contribution >= 4 is 16.8 Å². The zero-order valence-electron chi connectivity index (χ0n) is 25.5. The number of amides is 1. The average Bonchev–Trinajstić information content (AvgIpc) is 3.57. The highest BCUT2D eigenvalue weighted by Crippen LogP contribution is 2.35. The van der Waals surface area contributed by atoms with Gasteiger partial charge < -0.3 is 19.5 Å². The van der Waals surface area contributed by atoms with Crippen LogP contribution in [0.25, 0.3) is 16.6 Å². The van der Waals surface area contributed by atoms with Crippen LogP contribution in [0.5, 0.6) is 0 Å². The highest BCUT2D eigenvalue weighted by Gasteiger charge is 2.33. The Morgan fingerprint density at radius 2 is 1.88 bits per heavy atom. The smallest absolute Gasteiger partial charge is 0.219 e. The molecule has 1 amide bonds. The lowest BCUT2D eigenvalue weighted by Gasteiger charge is -2.38. The van der Waals surface area contributed by atoms with E-state index in [2.05, 4.69) is 34.5 Å². The maximum Gasteiger partial charge on any atom is 0.219 e. The summed E-state index contributed by atoms with van der Waals surface area (Å²) < 4.78 is 16.6. The number of carbonyl (C=O) groups is 1. The number of piperidine rings is 1. The number of aryl methyl sites for hydroxylation is 1. The first-order valence-electron chi connectivity index (χ1n) is 15.2. The van der Waals surface area contributed by atoms with Crippen LogP contribution in [0.1, 0.15) is 69.9 Å². The summed E-state index contributed by atoms with van der Waals surface area (Å²) in [6.07, 6.45) is 9.33. The van der Waals surface area contributed by atoms with Crippen molar-refractivity contribution in [3.8, 4) is 5.69 Å². The number of hydrogen-bond donors (Lipinski definition) is 1. The number of likely N-dealkylation sites (tertiary alicyclic amines) is 2. The summed E-state index contributed by atoms with van der Waals surface area (Å²) in [7, 11) is 1.86. The number of rotatable bonds is 8. The van der Waals surface area contributed by atoms with Crippen molar-refractivity contribution in [3.05, 3.63) is 59.3 Å². The minimum Gasteiger partial charge on any atom is -0.374 e. The average molecular weight is 564 g/mol. The highest BCUT2D eigenvalue weighted by molar-refractivity contribution is 5.88. The first kappa shape index (κ1) is 29.7. The first-order chi connectivity index (χ1) is 19.5. The van der Waals surface area contributed by atoms with Crippen molar-refractivity contribution in [2.24, 2.45) is 11.8 Å². The molecule has 2 aliphatic heterocycles. The second-order valence-electron chi connectivity index (χ2n) is 12.6. The molecule has 3 atom stereocenters. The molecule has 3 aromatic rings. The number of fused-ring (bicyclic) bond motifs is 1. The molecule has 0 spiro atoms. The maximum atomic E-state index is 14.5. The standard InChI is InChI=1S/C33H46FN5O2/c1-21(2)36(6)33(41)29-16-28(34)7-8-30(29)39-20-27(32-22(3)17-35-18-31(32)39)15-25-9-12-38(19-25)23(4)26-10-13-37(14-11-26)24(5)40/h7-8,16-18,20-21,23,25-26,33,41H,9-15,19H2,1-6H3/t23-,25+,33?/m0/s1.